The van der Waals surface area contributed by atoms with E-state index in [1.165, 1.54) is 0 Å². The van der Waals surface area contributed by atoms with Crippen LogP contribution in [0.2, 0.25) is 5.22 Å². The van der Waals surface area contributed by atoms with Crippen LogP contribution in [-0.4, -0.2) is 23.0 Å². The first kappa shape index (κ1) is 15.6. The number of rotatable bonds is 4. The summed E-state index contributed by atoms with van der Waals surface area (Å²) in [4.78, 5) is 14.1. The maximum atomic E-state index is 12.5. The summed E-state index contributed by atoms with van der Waals surface area (Å²) in [5.74, 6) is 0.668. The third kappa shape index (κ3) is 2.97. The Morgan fingerprint density at radius 3 is 2.78 bits per heavy atom. The second kappa shape index (κ2) is 6.08. The van der Waals surface area contributed by atoms with Crippen molar-refractivity contribution in [3.8, 4) is 0 Å². The second-order valence-electron chi connectivity index (χ2n) is 5.56. The molecule has 2 aromatic heterocycles. The van der Waals surface area contributed by atoms with Gasteiger partial charge in [0.15, 0.2) is 0 Å². The van der Waals surface area contributed by atoms with Crippen LogP contribution in [0.4, 0.5) is 0 Å². The first-order chi connectivity index (χ1) is 11.0. The number of carbonyl (C=O) groups excluding carboxylic acids is 1. The SMILES string of the molecule is Cc1noc(Cl)c1CC(=O)N(C)C(C)c1cc2ccccc2o1. The van der Waals surface area contributed by atoms with E-state index in [0.717, 1.165) is 16.7 Å². The molecule has 0 aliphatic heterocycles. The van der Waals surface area contributed by atoms with Crippen LogP contribution >= 0.6 is 11.6 Å². The lowest BCUT2D eigenvalue weighted by molar-refractivity contribution is -0.131. The van der Waals surface area contributed by atoms with Crippen molar-refractivity contribution in [2.45, 2.75) is 26.3 Å². The minimum absolute atomic E-state index is 0.0776. The summed E-state index contributed by atoms with van der Waals surface area (Å²) in [5, 5.41) is 4.95. The molecule has 1 amide bonds. The van der Waals surface area contributed by atoms with Crippen LogP contribution < -0.4 is 0 Å². The van der Waals surface area contributed by atoms with Gasteiger partial charge in [0.2, 0.25) is 11.1 Å². The number of aryl methyl sites for hydroxylation is 1. The Labute approximate surface area is 138 Å². The minimum Gasteiger partial charge on any atom is -0.459 e. The number of hydrogen-bond donors (Lipinski definition) is 0. The average molecular weight is 333 g/mol. The van der Waals surface area contributed by atoms with Gasteiger partial charge >= 0.3 is 0 Å². The highest BCUT2D eigenvalue weighted by Crippen LogP contribution is 2.28. The summed E-state index contributed by atoms with van der Waals surface area (Å²) in [6.45, 7) is 3.69. The Morgan fingerprint density at radius 2 is 2.13 bits per heavy atom. The van der Waals surface area contributed by atoms with Gasteiger partial charge in [0.05, 0.1) is 18.2 Å². The van der Waals surface area contributed by atoms with Gasteiger partial charge in [0.25, 0.3) is 0 Å². The van der Waals surface area contributed by atoms with Gasteiger partial charge in [-0.05, 0) is 37.6 Å². The molecule has 2 heterocycles. The molecule has 0 bridgehead atoms. The predicted molar refractivity (Wildman–Crippen MR) is 87.4 cm³/mol. The maximum absolute atomic E-state index is 12.5. The van der Waals surface area contributed by atoms with E-state index in [1.807, 2.05) is 37.3 Å². The van der Waals surface area contributed by atoms with Gasteiger partial charge in [-0.2, -0.15) is 0 Å². The lowest BCUT2D eigenvalue weighted by Gasteiger charge is -2.23. The Bertz CT molecular complexity index is 800. The van der Waals surface area contributed by atoms with E-state index in [2.05, 4.69) is 5.16 Å². The van der Waals surface area contributed by atoms with Crippen molar-refractivity contribution >= 4 is 28.5 Å². The van der Waals surface area contributed by atoms with Crippen LogP contribution in [0.5, 0.6) is 0 Å². The number of nitrogens with zero attached hydrogens (tertiary/aromatic N) is 2. The number of carbonyl (C=O) groups is 1. The number of aromatic nitrogens is 1. The lowest BCUT2D eigenvalue weighted by atomic mass is 10.1. The molecule has 1 atom stereocenters. The zero-order chi connectivity index (χ0) is 16.6. The van der Waals surface area contributed by atoms with E-state index in [9.17, 15) is 4.79 Å². The Balaban J connectivity index is 1.78. The van der Waals surface area contributed by atoms with E-state index in [4.69, 9.17) is 20.5 Å². The van der Waals surface area contributed by atoms with Gasteiger partial charge in [-0.3, -0.25) is 4.79 Å². The fourth-order valence-electron chi connectivity index (χ4n) is 2.45. The molecule has 3 aromatic rings. The Morgan fingerprint density at radius 1 is 1.39 bits per heavy atom. The van der Waals surface area contributed by atoms with Crippen LogP contribution in [0.1, 0.15) is 30.0 Å². The first-order valence-electron chi connectivity index (χ1n) is 7.32. The largest absolute Gasteiger partial charge is 0.459 e. The summed E-state index contributed by atoms with van der Waals surface area (Å²) in [7, 11) is 1.75. The normalized spacial score (nSPS) is 12.5. The molecule has 0 N–H and O–H groups in total. The number of amides is 1. The Kier molecular flexibility index (Phi) is 4.13. The number of fused-ring (bicyclic) bond motifs is 1. The van der Waals surface area contributed by atoms with Crippen LogP contribution in [0.25, 0.3) is 11.0 Å². The van der Waals surface area contributed by atoms with Crippen LogP contribution in [0, 0.1) is 6.92 Å². The lowest BCUT2D eigenvalue weighted by Crippen LogP contribution is -2.30. The van der Waals surface area contributed by atoms with Gasteiger partial charge in [-0.1, -0.05) is 23.4 Å². The summed E-state index contributed by atoms with van der Waals surface area (Å²) < 4.78 is 10.7. The van der Waals surface area contributed by atoms with E-state index in [1.54, 1.807) is 18.9 Å². The minimum atomic E-state index is -0.186. The fraction of sp³-hybridized carbons (Fsp3) is 0.294. The van der Waals surface area contributed by atoms with Gasteiger partial charge < -0.3 is 13.8 Å². The molecule has 5 nitrogen and oxygen atoms in total. The molecule has 0 radical (unpaired) electrons. The average Bonchev–Trinajstić information content (AvgIpc) is 3.11. The summed E-state index contributed by atoms with van der Waals surface area (Å²) in [6, 6.07) is 9.55. The van der Waals surface area contributed by atoms with Gasteiger partial charge in [-0.25, -0.2) is 0 Å². The number of para-hydroxylation sites is 1. The molecule has 0 saturated carbocycles. The standard InChI is InChI=1S/C17H17ClN2O3/c1-10-13(17(18)23-19-10)9-16(21)20(3)11(2)15-8-12-6-4-5-7-14(12)22-15/h4-8,11H,9H2,1-3H3. The highest BCUT2D eigenvalue weighted by Gasteiger charge is 2.23. The zero-order valence-electron chi connectivity index (χ0n) is 13.2. The van der Waals surface area contributed by atoms with Gasteiger partial charge in [0.1, 0.15) is 11.3 Å². The summed E-state index contributed by atoms with van der Waals surface area (Å²) >= 11 is 5.93. The summed E-state index contributed by atoms with van der Waals surface area (Å²) in [5.41, 5.74) is 2.07. The number of hydrogen-bond acceptors (Lipinski definition) is 4. The van der Waals surface area contributed by atoms with E-state index in [-0.39, 0.29) is 23.6 Å². The molecular formula is C17H17ClN2O3. The van der Waals surface area contributed by atoms with Gasteiger partial charge in [0, 0.05) is 18.0 Å². The van der Waals surface area contributed by atoms with Crippen molar-refractivity contribution in [1.29, 1.82) is 0 Å². The monoisotopic (exact) mass is 332 g/mol. The van der Waals surface area contributed by atoms with Crippen LogP contribution in [-0.2, 0) is 11.2 Å². The zero-order valence-corrected chi connectivity index (χ0v) is 13.9. The molecule has 0 aliphatic carbocycles. The number of likely N-dealkylation sites (N-methyl/N-ethyl adjacent to an activating group) is 1. The molecule has 3 rings (SSSR count). The van der Waals surface area contributed by atoms with Crippen molar-refractivity contribution < 1.29 is 13.7 Å². The highest BCUT2D eigenvalue weighted by atomic mass is 35.5. The summed E-state index contributed by atoms with van der Waals surface area (Å²) in [6.07, 6.45) is 0.148. The van der Waals surface area contributed by atoms with Crippen molar-refractivity contribution in [1.82, 2.24) is 10.1 Å². The van der Waals surface area contributed by atoms with E-state index >= 15 is 0 Å². The predicted octanol–water partition coefficient (Wildman–Crippen LogP) is 4.14. The van der Waals surface area contributed by atoms with Crippen molar-refractivity contribution in [3.05, 3.63) is 52.6 Å². The maximum Gasteiger partial charge on any atom is 0.229 e. The third-order valence-corrected chi connectivity index (χ3v) is 4.39. The number of furan rings is 1. The molecule has 0 aliphatic rings. The molecule has 0 saturated heterocycles. The fourth-order valence-corrected chi connectivity index (χ4v) is 2.69. The van der Waals surface area contributed by atoms with Crippen LogP contribution in [0.3, 0.4) is 0 Å². The van der Waals surface area contributed by atoms with Gasteiger partial charge in [-0.15, -0.1) is 0 Å². The Hall–Kier alpha value is -2.27. The molecule has 0 fully saturated rings. The molecule has 120 valence electrons. The first-order valence-corrected chi connectivity index (χ1v) is 7.70. The quantitative estimate of drug-likeness (QED) is 0.720. The molecule has 1 unspecified atom stereocenters. The van der Waals surface area contributed by atoms with Crippen molar-refractivity contribution in [3.63, 3.8) is 0 Å². The molecule has 0 spiro atoms. The van der Waals surface area contributed by atoms with Crippen molar-refractivity contribution in [2.75, 3.05) is 7.05 Å². The topological polar surface area (TPSA) is 59.5 Å². The smallest absolute Gasteiger partial charge is 0.229 e. The van der Waals surface area contributed by atoms with Crippen LogP contribution in [0.15, 0.2) is 39.3 Å². The number of halogens is 1. The molecule has 1 aromatic carbocycles. The van der Waals surface area contributed by atoms with E-state index in [0.29, 0.717) is 11.3 Å². The molecule has 23 heavy (non-hydrogen) atoms. The molecular weight excluding hydrogens is 316 g/mol. The second-order valence-corrected chi connectivity index (χ2v) is 5.91. The third-order valence-electron chi connectivity index (χ3n) is 4.10. The number of benzene rings is 1. The molecule has 6 heteroatoms. The van der Waals surface area contributed by atoms with E-state index < -0.39 is 0 Å². The highest BCUT2D eigenvalue weighted by molar-refractivity contribution is 6.29. The van der Waals surface area contributed by atoms with Crippen molar-refractivity contribution in [2.24, 2.45) is 0 Å².